The van der Waals surface area contributed by atoms with Crippen molar-refractivity contribution < 1.29 is 18.0 Å². The number of hydrogen-bond donors (Lipinski definition) is 2. The minimum atomic E-state index is -3.85. The molecule has 0 aliphatic heterocycles. The van der Waals surface area contributed by atoms with E-state index < -0.39 is 22.5 Å². The third-order valence-corrected chi connectivity index (χ3v) is 7.34. The van der Waals surface area contributed by atoms with Crippen LogP contribution >= 0.6 is 11.6 Å². The second kappa shape index (κ2) is 10.3. The Morgan fingerprint density at radius 2 is 1.68 bits per heavy atom. The highest BCUT2D eigenvalue weighted by Gasteiger charge is 2.24. The number of rotatable bonds is 7. The summed E-state index contributed by atoms with van der Waals surface area (Å²) in [5.41, 5.74) is 0.697. The van der Waals surface area contributed by atoms with Crippen molar-refractivity contribution in [3.63, 3.8) is 0 Å². The van der Waals surface area contributed by atoms with Gasteiger partial charge >= 0.3 is 0 Å². The van der Waals surface area contributed by atoms with Crippen LogP contribution in [0.2, 0.25) is 5.02 Å². The van der Waals surface area contributed by atoms with Crippen LogP contribution in [0.5, 0.6) is 0 Å². The number of benzene rings is 2. The summed E-state index contributed by atoms with van der Waals surface area (Å²) in [6, 6.07) is 12.6. The molecule has 0 heterocycles. The van der Waals surface area contributed by atoms with Crippen LogP contribution < -0.4 is 10.6 Å². The molecule has 0 spiro atoms. The van der Waals surface area contributed by atoms with Gasteiger partial charge < -0.3 is 10.6 Å². The van der Waals surface area contributed by atoms with Crippen molar-refractivity contribution in [2.45, 2.75) is 43.0 Å². The summed E-state index contributed by atoms with van der Waals surface area (Å²) in [4.78, 5) is 25.3. The number of sulfonamides is 1. The van der Waals surface area contributed by atoms with Crippen LogP contribution in [0.1, 0.15) is 42.5 Å². The number of amides is 2. The van der Waals surface area contributed by atoms with Crippen LogP contribution in [0.3, 0.4) is 0 Å². The summed E-state index contributed by atoms with van der Waals surface area (Å²) in [5.74, 6) is -0.789. The van der Waals surface area contributed by atoms with Gasteiger partial charge in [-0.05, 0) is 49.2 Å². The van der Waals surface area contributed by atoms with Crippen molar-refractivity contribution in [1.29, 1.82) is 0 Å². The average Bonchev–Trinajstić information content (AvgIpc) is 2.75. The van der Waals surface area contributed by atoms with Gasteiger partial charge in [-0.2, -0.15) is 4.31 Å². The largest absolute Gasteiger partial charge is 0.349 e. The molecule has 0 radical (unpaired) electrons. The molecule has 1 fully saturated rings. The second-order valence-corrected chi connectivity index (χ2v) is 10.1. The summed E-state index contributed by atoms with van der Waals surface area (Å²) < 4.78 is 26.3. The number of para-hydroxylation sites is 1. The predicted octanol–water partition coefficient (Wildman–Crippen LogP) is 3.66. The molecule has 9 heteroatoms. The van der Waals surface area contributed by atoms with Gasteiger partial charge in [-0.25, -0.2) is 8.42 Å². The zero-order valence-corrected chi connectivity index (χ0v) is 18.9. The summed E-state index contributed by atoms with van der Waals surface area (Å²) in [6.45, 7) is -0.399. The van der Waals surface area contributed by atoms with Crippen LogP contribution in [0, 0.1) is 0 Å². The van der Waals surface area contributed by atoms with Crippen molar-refractivity contribution >= 4 is 39.1 Å². The smallest absolute Gasteiger partial charge is 0.253 e. The highest BCUT2D eigenvalue weighted by molar-refractivity contribution is 7.89. The molecular weight excluding hydrogens is 438 g/mol. The molecule has 2 N–H and O–H groups in total. The Kier molecular flexibility index (Phi) is 7.69. The van der Waals surface area contributed by atoms with E-state index >= 15 is 0 Å². The van der Waals surface area contributed by atoms with E-state index in [1.165, 1.54) is 37.7 Å². The molecule has 1 aliphatic carbocycles. The van der Waals surface area contributed by atoms with Gasteiger partial charge in [0.05, 0.1) is 22.7 Å². The molecule has 3 rings (SSSR count). The van der Waals surface area contributed by atoms with E-state index in [4.69, 9.17) is 11.6 Å². The molecule has 2 aromatic carbocycles. The number of halogens is 1. The summed E-state index contributed by atoms with van der Waals surface area (Å²) in [7, 11) is -2.53. The maximum Gasteiger partial charge on any atom is 0.253 e. The van der Waals surface area contributed by atoms with E-state index in [9.17, 15) is 18.0 Å². The van der Waals surface area contributed by atoms with Gasteiger partial charge in [-0.3, -0.25) is 9.59 Å². The van der Waals surface area contributed by atoms with Crippen LogP contribution in [0.25, 0.3) is 0 Å². The van der Waals surface area contributed by atoms with Crippen LogP contribution in [0.4, 0.5) is 5.69 Å². The lowest BCUT2D eigenvalue weighted by atomic mass is 9.95. The first-order valence-corrected chi connectivity index (χ1v) is 12.0. The van der Waals surface area contributed by atoms with Crippen molar-refractivity contribution in [2.24, 2.45) is 0 Å². The molecule has 2 aromatic rings. The first kappa shape index (κ1) is 23.2. The molecule has 0 aromatic heterocycles. The van der Waals surface area contributed by atoms with E-state index in [1.54, 1.807) is 24.3 Å². The summed E-state index contributed by atoms with van der Waals surface area (Å²) >= 11 is 5.81. The fourth-order valence-electron chi connectivity index (χ4n) is 3.56. The van der Waals surface area contributed by atoms with Crippen LogP contribution in [-0.2, 0) is 14.8 Å². The zero-order chi connectivity index (χ0) is 22.4. The fourth-order valence-corrected chi connectivity index (χ4v) is 4.82. The van der Waals surface area contributed by atoms with Crippen LogP contribution in [-0.4, -0.2) is 44.2 Å². The Morgan fingerprint density at radius 1 is 1.03 bits per heavy atom. The monoisotopic (exact) mass is 463 g/mol. The number of likely N-dealkylation sites (N-methyl/N-ethyl adjacent to an activating group) is 1. The number of carbonyl (C=O) groups excluding carboxylic acids is 2. The molecule has 7 nitrogen and oxygen atoms in total. The minimum Gasteiger partial charge on any atom is -0.349 e. The van der Waals surface area contributed by atoms with Crippen molar-refractivity contribution in [2.75, 3.05) is 18.9 Å². The molecule has 31 heavy (non-hydrogen) atoms. The standard InChI is InChI=1S/C22H26ClN3O4S/c1-26(31(29,30)18-13-11-16(23)12-14-18)15-21(27)25-20-10-6-5-9-19(20)22(28)24-17-7-3-2-4-8-17/h5-6,9-14,17H,2-4,7-8,15H2,1H3,(H,24,28)(H,25,27). The third-order valence-electron chi connectivity index (χ3n) is 5.27. The molecule has 1 aliphatic rings. The normalized spacial score (nSPS) is 14.9. The first-order valence-electron chi connectivity index (χ1n) is 10.2. The average molecular weight is 464 g/mol. The van der Waals surface area contributed by atoms with Gasteiger partial charge in [0.1, 0.15) is 0 Å². The number of carbonyl (C=O) groups is 2. The Morgan fingerprint density at radius 3 is 2.35 bits per heavy atom. The quantitative estimate of drug-likeness (QED) is 0.655. The van der Waals surface area contributed by atoms with Crippen molar-refractivity contribution in [1.82, 2.24) is 9.62 Å². The summed E-state index contributed by atoms with van der Waals surface area (Å²) in [5, 5.41) is 6.12. The van der Waals surface area contributed by atoms with Crippen LogP contribution in [0.15, 0.2) is 53.4 Å². The van der Waals surface area contributed by atoms with E-state index in [0.717, 1.165) is 30.0 Å². The summed E-state index contributed by atoms with van der Waals surface area (Å²) in [6.07, 6.45) is 5.28. The Labute approximate surface area is 187 Å². The van der Waals surface area contributed by atoms with Gasteiger partial charge in [0.25, 0.3) is 5.91 Å². The fraction of sp³-hybridized carbons (Fsp3) is 0.364. The number of nitrogens with one attached hydrogen (secondary N) is 2. The minimum absolute atomic E-state index is 0.0412. The van der Waals surface area contributed by atoms with Gasteiger partial charge in [0, 0.05) is 18.1 Å². The maximum absolute atomic E-state index is 12.7. The lowest BCUT2D eigenvalue weighted by Gasteiger charge is -2.23. The zero-order valence-electron chi connectivity index (χ0n) is 17.3. The van der Waals surface area contributed by atoms with Crippen molar-refractivity contribution in [3.8, 4) is 0 Å². The lowest BCUT2D eigenvalue weighted by Crippen LogP contribution is -2.37. The Hall–Kier alpha value is -2.42. The van der Waals surface area contributed by atoms with Crippen molar-refractivity contribution in [3.05, 3.63) is 59.1 Å². The molecule has 0 atom stereocenters. The molecule has 166 valence electrons. The Bertz CT molecular complexity index is 1030. The topological polar surface area (TPSA) is 95.6 Å². The Balaban J connectivity index is 1.66. The predicted molar refractivity (Wildman–Crippen MR) is 121 cm³/mol. The van der Waals surface area contributed by atoms with Gasteiger partial charge in [-0.15, -0.1) is 0 Å². The van der Waals surface area contributed by atoms with Gasteiger partial charge in [0.2, 0.25) is 15.9 Å². The number of anilines is 1. The molecule has 2 amide bonds. The van der Waals surface area contributed by atoms with Gasteiger partial charge in [-0.1, -0.05) is 43.0 Å². The van der Waals surface area contributed by atoms with E-state index in [1.807, 2.05) is 0 Å². The van der Waals surface area contributed by atoms with E-state index in [-0.39, 0.29) is 16.8 Å². The highest BCUT2D eigenvalue weighted by Crippen LogP contribution is 2.21. The van der Waals surface area contributed by atoms with Gasteiger partial charge in [0.15, 0.2) is 0 Å². The lowest BCUT2D eigenvalue weighted by molar-refractivity contribution is -0.116. The SMILES string of the molecule is CN(CC(=O)Nc1ccccc1C(=O)NC1CCCCC1)S(=O)(=O)c1ccc(Cl)cc1. The maximum atomic E-state index is 12.7. The molecule has 0 unspecified atom stereocenters. The van der Waals surface area contributed by atoms with E-state index in [2.05, 4.69) is 10.6 Å². The second-order valence-electron chi connectivity index (χ2n) is 7.62. The number of hydrogen-bond acceptors (Lipinski definition) is 4. The molecule has 0 saturated heterocycles. The molecule has 1 saturated carbocycles. The first-order chi connectivity index (χ1) is 14.8. The molecule has 0 bridgehead atoms. The van der Waals surface area contributed by atoms with E-state index in [0.29, 0.717) is 16.3 Å². The third kappa shape index (κ3) is 6.06. The molecular formula is C22H26ClN3O4S. The highest BCUT2D eigenvalue weighted by atomic mass is 35.5. The number of nitrogens with zero attached hydrogens (tertiary/aromatic N) is 1.